The van der Waals surface area contributed by atoms with Crippen molar-refractivity contribution in [2.75, 3.05) is 38.2 Å². The van der Waals surface area contributed by atoms with Crippen LogP contribution in [0.2, 0.25) is 0 Å². The minimum Gasteiger partial charge on any atom is -0.496 e. The lowest BCUT2D eigenvalue weighted by atomic mass is 10.1. The summed E-state index contributed by atoms with van der Waals surface area (Å²) in [6.07, 6.45) is -3.83. The van der Waals surface area contributed by atoms with Gasteiger partial charge in [0.05, 0.1) is 12.7 Å². The number of anilines is 1. The van der Waals surface area contributed by atoms with E-state index < -0.39 is 12.6 Å². The number of carbonyl (C=O) groups is 1. The Morgan fingerprint density at radius 1 is 1.14 bits per heavy atom. The molecule has 1 amide bonds. The lowest BCUT2D eigenvalue weighted by Crippen LogP contribution is -2.49. The van der Waals surface area contributed by atoms with Crippen LogP contribution in [0.1, 0.15) is 22.5 Å². The van der Waals surface area contributed by atoms with Crippen LogP contribution in [0, 0.1) is 0 Å². The zero-order valence-electron chi connectivity index (χ0n) is 15.4. The maximum absolute atomic E-state index is 12.7. The molecule has 9 heteroatoms. The predicted molar refractivity (Wildman–Crippen MR) is 97.5 cm³/mol. The van der Waals surface area contributed by atoms with Gasteiger partial charge in [-0.3, -0.25) is 4.79 Å². The Morgan fingerprint density at radius 2 is 1.86 bits per heavy atom. The van der Waals surface area contributed by atoms with Crippen molar-refractivity contribution >= 4 is 11.9 Å². The number of ether oxygens (including phenoxy) is 1. The number of benzene rings is 1. The molecule has 0 bridgehead atoms. The smallest absolute Gasteiger partial charge is 0.389 e. The van der Waals surface area contributed by atoms with E-state index in [0.717, 1.165) is 0 Å². The van der Waals surface area contributed by atoms with Gasteiger partial charge in [-0.1, -0.05) is 12.1 Å². The third kappa shape index (κ3) is 4.90. The number of methoxy groups -OCH3 is 1. The first-order valence-corrected chi connectivity index (χ1v) is 8.93. The number of amides is 1. The van der Waals surface area contributed by atoms with Crippen LogP contribution >= 0.6 is 0 Å². The molecule has 0 unspecified atom stereocenters. The van der Waals surface area contributed by atoms with E-state index in [1.54, 1.807) is 29.2 Å². The number of alkyl halides is 3. The van der Waals surface area contributed by atoms with Crippen LogP contribution in [0.25, 0.3) is 0 Å². The van der Waals surface area contributed by atoms with Gasteiger partial charge in [0, 0.05) is 44.5 Å². The Labute approximate surface area is 160 Å². The molecule has 0 atom stereocenters. The fourth-order valence-electron chi connectivity index (χ4n) is 3.05. The van der Waals surface area contributed by atoms with E-state index in [1.165, 1.54) is 19.4 Å². The van der Waals surface area contributed by atoms with Crippen molar-refractivity contribution in [2.45, 2.75) is 19.0 Å². The minimum absolute atomic E-state index is 0.114. The second-order valence-electron chi connectivity index (χ2n) is 6.44. The number of hydrogen-bond acceptors (Lipinski definition) is 5. The van der Waals surface area contributed by atoms with Gasteiger partial charge in [0.15, 0.2) is 0 Å². The molecule has 1 aliphatic heterocycles. The van der Waals surface area contributed by atoms with Gasteiger partial charge < -0.3 is 14.5 Å². The molecule has 1 aromatic heterocycles. The molecule has 1 saturated heterocycles. The molecule has 3 rings (SSSR count). The van der Waals surface area contributed by atoms with Crippen LogP contribution < -0.4 is 9.64 Å². The van der Waals surface area contributed by atoms with Crippen LogP contribution in [-0.2, 0) is 6.42 Å². The summed E-state index contributed by atoms with van der Waals surface area (Å²) in [5.41, 5.74) is 0.860. The van der Waals surface area contributed by atoms with Crippen molar-refractivity contribution in [1.29, 1.82) is 0 Å². The highest BCUT2D eigenvalue weighted by atomic mass is 19.4. The van der Waals surface area contributed by atoms with Gasteiger partial charge in [0.1, 0.15) is 5.75 Å². The van der Waals surface area contributed by atoms with Crippen LogP contribution in [0.15, 0.2) is 36.5 Å². The predicted octanol–water partition coefficient (Wildman–Crippen LogP) is 2.94. The molecule has 0 spiro atoms. The van der Waals surface area contributed by atoms with Gasteiger partial charge in [-0.25, -0.2) is 9.97 Å². The summed E-state index contributed by atoms with van der Waals surface area (Å²) in [5.74, 6) is 0.802. The zero-order valence-corrected chi connectivity index (χ0v) is 15.4. The van der Waals surface area contributed by atoms with E-state index >= 15 is 0 Å². The van der Waals surface area contributed by atoms with Gasteiger partial charge in [0.2, 0.25) is 5.95 Å². The molecule has 0 aliphatic carbocycles. The molecule has 28 heavy (non-hydrogen) atoms. The number of rotatable bonds is 5. The summed E-state index contributed by atoms with van der Waals surface area (Å²) in [4.78, 5) is 24.8. The lowest BCUT2D eigenvalue weighted by molar-refractivity contribution is -0.134. The van der Waals surface area contributed by atoms with E-state index in [9.17, 15) is 18.0 Å². The number of nitrogens with zero attached hydrogens (tertiary/aromatic N) is 4. The molecule has 2 aromatic rings. The minimum atomic E-state index is -4.21. The molecule has 6 nitrogen and oxygen atoms in total. The molecule has 0 N–H and O–H groups in total. The summed E-state index contributed by atoms with van der Waals surface area (Å²) in [5, 5.41) is 0. The second kappa shape index (κ2) is 8.45. The van der Waals surface area contributed by atoms with Crippen molar-refractivity contribution in [3.05, 3.63) is 47.8 Å². The summed E-state index contributed by atoms with van der Waals surface area (Å²) in [7, 11) is 1.52. The Morgan fingerprint density at radius 3 is 2.54 bits per heavy atom. The molecular weight excluding hydrogens is 373 g/mol. The third-order valence-corrected chi connectivity index (χ3v) is 4.55. The molecule has 1 aliphatic rings. The zero-order chi connectivity index (χ0) is 20.1. The first-order valence-electron chi connectivity index (χ1n) is 8.93. The SMILES string of the molecule is COc1ccccc1C(=O)N1CCN(c2nccc(CCC(F)(F)F)n2)CC1. The maximum Gasteiger partial charge on any atom is 0.389 e. The van der Waals surface area contributed by atoms with Crippen molar-refractivity contribution < 1.29 is 22.7 Å². The van der Waals surface area contributed by atoms with Gasteiger partial charge in [-0.15, -0.1) is 0 Å². The van der Waals surface area contributed by atoms with E-state index in [4.69, 9.17) is 4.74 Å². The number of carbonyl (C=O) groups excluding carboxylic acids is 1. The number of para-hydroxylation sites is 1. The Kier molecular flexibility index (Phi) is 6.01. The highest BCUT2D eigenvalue weighted by Gasteiger charge is 2.28. The van der Waals surface area contributed by atoms with E-state index in [-0.39, 0.29) is 12.3 Å². The fourth-order valence-corrected chi connectivity index (χ4v) is 3.05. The van der Waals surface area contributed by atoms with Crippen LogP contribution in [0.4, 0.5) is 19.1 Å². The maximum atomic E-state index is 12.7. The normalized spacial score (nSPS) is 14.9. The standard InChI is InChI=1S/C19H21F3N4O2/c1-28-16-5-3-2-4-15(16)17(27)25-10-12-26(13-11-25)18-23-9-7-14(24-18)6-8-19(20,21)22/h2-5,7,9H,6,8,10-13H2,1H3. The van der Waals surface area contributed by atoms with Gasteiger partial charge in [-0.2, -0.15) is 13.2 Å². The Balaban J connectivity index is 1.62. The van der Waals surface area contributed by atoms with Crippen molar-refractivity contribution in [1.82, 2.24) is 14.9 Å². The molecule has 1 aromatic carbocycles. The van der Waals surface area contributed by atoms with Gasteiger partial charge >= 0.3 is 6.18 Å². The number of aryl methyl sites for hydroxylation is 1. The average molecular weight is 394 g/mol. The van der Waals surface area contributed by atoms with E-state index in [2.05, 4.69) is 9.97 Å². The van der Waals surface area contributed by atoms with Crippen molar-refractivity contribution in [3.8, 4) is 5.75 Å². The van der Waals surface area contributed by atoms with E-state index in [0.29, 0.717) is 49.1 Å². The van der Waals surface area contributed by atoms with E-state index in [1.807, 2.05) is 4.90 Å². The topological polar surface area (TPSA) is 58.6 Å². The first-order chi connectivity index (χ1) is 13.4. The molecule has 0 saturated carbocycles. The third-order valence-electron chi connectivity index (χ3n) is 4.55. The number of aromatic nitrogens is 2. The van der Waals surface area contributed by atoms with Crippen LogP contribution in [0.3, 0.4) is 0 Å². The summed E-state index contributed by atoms with van der Waals surface area (Å²) < 4.78 is 42.5. The molecule has 0 radical (unpaired) electrons. The molecular formula is C19H21F3N4O2. The highest BCUT2D eigenvalue weighted by Crippen LogP contribution is 2.23. The largest absolute Gasteiger partial charge is 0.496 e. The molecule has 1 fully saturated rings. The van der Waals surface area contributed by atoms with Gasteiger partial charge in [0.25, 0.3) is 5.91 Å². The Bertz CT molecular complexity index is 821. The molecule has 150 valence electrons. The summed E-state index contributed by atoms with van der Waals surface area (Å²) in [6, 6.07) is 8.55. The fraction of sp³-hybridized carbons (Fsp3) is 0.421. The van der Waals surface area contributed by atoms with Crippen LogP contribution in [-0.4, -0.2) is 60.2 Å². The van der Waals surface area contributed by atoms with Crippen LogP contribution in [0.5, 0.6) is 5.75 Å². The quantitative estimate of drug-likeness (QED) is 0.781. The average Bonchev–Trinajstić information content (AvgIpc) is 2.71. The number of halogens is 3. The highest BCUT2D eigenvalue weighted by molar-refractivity contribution is 5.97. The second-order valence-corrected chi connectivity index (χ2v) is 6.44. The summed E-state index contributed by atoms with van der Waals surface area (Å²) >= 11 is 0. The Hall–Kier alpha value is -2.84. The first kappa shape index (κ1) is 19.9. The lowest BCUT2D eigenvalue weighted by Gasteiger charge is -2.35. The monoisotopic (exact) mass is 394 g/mol. The summed E-state index contributed by atoms with van der Waals surface area (Å²) in [6.45, 7) is 1.94. The number of hydrogen-bond donors (Lipinski definition) is 0. The number of piperazine rings is 1. The van der Waals surface area contributed by atoms with Crippen molar-refractivity contribution in [3.63, 3.8) is 0 Å². The molecule has 2 heterocycles. The van der Waals surface area contributed by atoms with Crippen molar-refractivity contribution in [2.24, 2.45) is 0 Å². The van der Waals surface area contributed by atoms with Gasteiger partial charge in [-0.05, 0) is 24.6 Å².